The van der Waals surface area contributed by atoms with Gasteiger partial charge in [0.1, 0.15) is 5.56 Å². The number of nitrogens with zero attached hydrogens (tertiary/aromatic N) is 1. The lowest BCUT2D eigenvalue weighted by atomic mass is 10.1. The highest BCUT2D eigenvalue weighted by Crippen LogP contribution is 2.30. The second-order valence-corrected chi connectivity index (χ2v) is 9.74. The maximum absolute atomic E-state index is 13.0. The Morgan fingerprint density at radius 3 is 2.61 bits per heavy atom. The highest BCUT2D eigenvalue weighted by Gasteiger charge is 2.30. The van der Waals surface area contributed by atoms with E-state index in [-0.39, 0.29) is 23.5 Å². The molecule has 0 unspecified atom stereocenters. The van der Waals surface area contributed by atoms with Gasteiger partial charge in [-0.25, -0.2) is 8.42 Å². The lowest BCUT2D eigenvalue weighted by Crippen LogP contribution is -2.33. The van der Waals surface area contributed by atoms with Crippen LogP contribution < -0.4 is 10.9 Å². The molecule has 0 radical (unpaired) electrons. The summed E-state index contributed by atoms with van der Waals surface area (Å²) >= 11 is 0. The lowest BCUT2D eigenvalue weighted by molar-refractivity contribution is -0.137. The molecule has 1 aliphatic rings. The first-order valence-electron chi connectivity index (χ1n) is 10.1. The van der Waals surface area contributed by atoms with Crippen LogP contribution in [-0.2, 0) is 28.9 Å². The monoisotopic (exact) mass is 476 g/mol. The number of nitrogens with one attached hydrogen (secondary N) is 1. The van der Waals surface area contributed by atoms with Gasteiger partial charge >= 0.3 is 6.18 Å². The molecule has 6 nitrogen and oxygen atoms in total. The van der Waals surface area contributed by atoms with Gasteiger partial charge in [-0.05, 0) is 60.4 Å². The summed E-state index contributed by atoms with van der Waals surface area (Å²) in [5.74, 6) is -0.556. The van der Waals surface area contributed by atoms with Gasteiger partial charge in [-0.1, -0.05) is 18.2 Å². The number of benzene rings is 2. The summed E-state index contributed by atoms with van der Waals surface area (Å²) in [4.78, 5) is 25.7. The van der Waals surface area contributed by atoms with E-state index in [1.54, 1.807) is 18.2 Å². The minimum atomic E-state index is -4.56. The van der Waals surface area contributed by atoms with Crippen LogP contribution in [0.15, 0.2) is 70.5 Å². The predicted molar refractivity (Wildman–Crippen MR) is 115 cm³/mol. The SMILES string of the molecule is O=C(NCCc1ccc2c(c1)CCS2(=O)=O)c1cccn(-c2cccc(C(F)(F)F)c2)c1=O. The van der Waals surface area contributed by atoms with Crippen LogP contribution in [0.1, 0.15) is 27.0 Å². The summed E-state index contributed by atoms with van der Waals surface area (Å²) in [5, 5.41) is 2.64. The Balaban J connectivity index is 1.47. The van der Waals surface area contributed by atoms with Crippen molar-refractivity contribution in [1.29, 1.82) is 0 Å². The number of rotatable bonds is 5. The minimum Gasteiger partial charge on any atom is -0.352 e. The van der Waals surface area contributed by atoms with Gasteiger partial charge < -0.3 is 5.32 Å². The quantitative estimate of drug-likeness (QED) is 0.613. The molecular weight excluding hydrogens is 457 g/mol. The number of carbonyl (C=O) groups excluding carboxylic acids is 1. The molecule has 1 aliphatic heterocycles. The number of aromatic nitrogens is 1. The van der Waals surface area contributed by atoms with E-state index in [9.17, 15) is 31.2 Å². The molecule has 2 aromatic carbocycles. The van der Waals surface area contributed by atoms with Gasteiger partial charge in [-0.2, -0.15) is 13.2 Å². The molecule has 0 saturated carbocycles. The van der Waals surface area contributed by atoms with E-state index in [1.165, 1.54) is 30.5 Å². The minimum absolute atomic E-state index is 0.00225. The lowest BCUT2D eigenvalue weighted by Gasteiger charge is -2.12. The summed E-state index contributed by atoms with van der Waals surface area (Å²) in [5.41, 5.74) is -0.236. The zero-order valence-electron chi connectivity index (χ0n) is 17.2. The smallest absolute Gasteiger partial charge is 0.352 e. The van der Waals surface area contributed by atoms with Gasteiger partial charge in [0.2, 0.25) is 0 Å². The molecule has 3 aromatic rings. The van der Waals surface area contributed by atoms with Crippen LogP contribution in [0, 0.1) is 0 Å². The van der Waals surface area contributed by atoms with E-state index in [2.05, 4.69) is 5.32 Å². The molecular formula is C23H19F3N2O4S. The van der Waals surface area contributed by atoms with Crippen LogP contribution in [0.25, 0.3) is 5.69 Å². The number of fused-ring (bicyclic) bond motifs is 1. The Labute approximate surface area is 187 Å². The van der Waals surface area contributed by atoms with Crippen molar-refractivity contribution in [3.05, 3.63) is 93.4 Å². The molecule has 1 aromatic heterocycles. The molecule has 4 rings (SSSR count). The fraction of sp³-hybridized carbons (Fsp3) is 0.217. The first-order valence-corrected chi connectivity index (χ1v) is 11.7. The number of aryl methyl sites for hydroxylation is 1. The topological polar surface area (TPSA) is 85.2 Å². The average Bonchev–Trinajstić information content (AvgIpc) is 3.07. The number of halogens is 3. The van der Waals surface area contributed by atoms with Gasteiger partial charge in [0.05, 0.1) is 16.2 Å². The van der Waals surface area contributed by atoms with E-state index < -0.39 is 33.0 Å². The summed E-state index contributed by atoms with van der Waals surface area (Å²) in [6.07, 6.45) is -2.38. The van der Waals surface area contributed by atoms with Gasteiger partial charge in [0, 0.05) is 18.4 Å². The Kier molecular flexibility index (Phi) is 5.87. The molecule has 33 heavy (non-hydrogen) atoms. The summed E-state index contributed by atoms with van der Waals surface area (Å²) in [6, 6.07) is 12.1. The van der Waals surface area contributed by atoms with Crippen molar-refractivity contribution in [2.24, 2.45) is 0 Å². The van der Waals surface area contributed by atoms with E-state index in [4.69, 9.17) is 0 Å². The normalized spacial score (nSPS) is 14.6. The van der Waals surface area contributed by atoms with Crippen LogP contribution in [0.3, 0.4) is 0 Å². The zero-order valence-corrected chi connectivity index (χ0v) is 18.0. The van der Waals surface area contributed by atoms with Crippen LogP contribution in [0.4, 0.5) is 13.2 Å². The van der Waals surface area contributed by atoms with Crippen LogP contribution in [0.5, 0.6) is 0 Å². The van der Waals surface area contributed by atoms with Crippen molar-refractivity contribution in [3.8, 4) is 5.69 Å². The Bertz CT molecular complexity index is 1400. The molecule has 0 spiro atoms. The first-order chi connectivity index (χ1) is 15.6. The molecule has 2 heterocycles. The first kappa shape index (κ1) is 22.8. The highest BCUT2D eigenvalue weighted by atomic mass is 32.2. The molecule has 10 heteroatoms. The van der Waals surface area contributed by atoms with Crippen LogP contribution in [0.2, 0.25) is 0 Å². The van der Waals surface area contributed by atoms with Gasteiger partial charge in [-0.3, -0.25) is 14.2 Å². The number of pyridine rings is 1. The molecule has 0 saturated heterocycles. The van der Waals surface area contributed by atoms with Crippen molar-refractivity contribution in [2.45, 2.75) is 23.9 Å². The third-order valence-electron chi connectivity index (χ3n) is 5.44. The fourth-order valence-electron chi connectivity index (χ4n) is 3.76. The largest absolute Gasteiger partial charge is 0.416 e. The van der Waals surface area contributed by atoms with E-state index in [0.717, 1.165) is 27.8 Å². The standard InChI is InChI=1S/C23H19F3N2O4S/c24-23(25,26)17-3-1-4-18(14-17)28-11-2-5-19(22(28)30)21(29)27-10-8-15-6-7-20-16(13-15)9-12-33(20,31)32/h1-7,11,13-14H,8-10,12H2,(H,27,29). The van der Waals surface area contributed by atoms with Crippen molar-refractivity contribution < 1.29 is 26.4 Å². The number of hydrogen-bond donors (Lipinski definition) is 1. The average molecular weight is 476 g/mol. The third-order valence-corrected chi connectivity index (χ3v) is 7.25. The van der Waals surface area contributed by atoms with Crippen molar-refractivity contribution in [2.75, 3.05) is 12.3 Å². The van der Waals surface area contributed by atoms with E-state index >= 15 is 0 Å². The zero-order chi connectivity index (χ0) is 23.8. The molecule has 0 atom stereocenters. The number of sulfone groups is 1. The fourth-order valence-corrected chi connectivity index (χ4v) is 5.30. The molecule has 1 N–H and O–H groups in total. The van der Waals surface area contributed by atoms with Gasteiger partial charge in [0.15, 0.2) is 9.84 Å². The number of hydrogen-bond acceptors (Lipinski definition) is 4. The maximum Gasteiger partial charge on any atom is 0.416 e. The van der Waals surface area contributed by atoms with Crippen molar-refractivity contribution in [1.82, 2.24) is 9.88 Å². The number of alkyl halides is 3. The highest BCUT2D eigenvalue weighted by molar-refractivity contribution is 7.91. The molecule has 1 amide bonds. The van der Waals surface area contributed by atoms with Crippen molar-refractivity contribution in [3.63, 3.8) is 0 Å². The van der Waals surface area contributed by atoms with Gasteiger partial charge in [-0.15, -0.1) is 0 Å². The van der Waals surface area contributed by atoms with E-state index in [0.29, 0.717) is 17.7 Å². The van der Waals surface area contributed by atoms with Crippen LogP contribution in [-0.4, -0.2) is 31.2 Å². The summed E-state index contributed by atoms with van der Waals surface area (Å²) in [7, 11) is -3.20. The Morgan fingerprint density at radius 1 is 1.06 bits per heavy atom. The molecule has 0 bridgehead atoms. The third kappa shape index (κ3) is 4.70. The molecule has 0 aliphatic carbocycles. The van der Waals surface area contributed by atoms with Crippen LogP contribution >= 0.6 is 0 Å². The summed E-state index contributed by atoms with van der Waals surface area (Å²) in [6.45, 7) is 0.197. The predicted octanol–water partition coefficient (Wildman–Crippen LogP) is 3.16. The van der Waals surface area contributed by atoms with Gasteiger partial charge in [0.25, 0.3) is 11.5 Å². The van der Waals surface area contributed by atoms with E-state index in [1.807, 2.05) is 0 Å². The Morgan fingerprint density at radius 2 is 1.85 bits per heavy atom. The number of amides is 1. The summed E-state index contributed by atoms with van der Waals surface area (Å²) < 4.78 is 63.8. The second-order valence-electron chi connectivity index (χ2n) is 7.66. The number of carbonyl (C=O) groups is 1. The molecule has 172 valence electrons. The van der Waals surface area contributed by atoms with Crippen molar-refractivity contribution >= 4 is 15.7 Å². The Hall–Kier alpha value is -3.40. The molecule has 0 fully saturated rings. The maximum atomic E-state index is 13.0. The second kappa shape index (κ2) is 8.51.